The monoisotopic (exact) mass is 374 g/mol. The molecule has 7 nitrogen and oxygen atoms in total. The number of nitrogens with one attached hydrogen (secondary N) is 1. The Kier molecular flexibility index (Phi) is 3.99. The zero-order valence-electron chi connectivity index (χ0n) is 14.2. The van der Waals surface area contributed by atoms with Crippen molar-refractivity contribution in [3.8, 4) is 11.5 Å². The molecule has 1 amide bonds. The fourth-order valence-electron chi connectivity index (χ4n) is 3.20. The van der Waals surface area contributed by atoms with Gasteiger partial charge in [-0.2, -0.15) is 0 Å². The first kappa shape index (κ1) is 16.7. The third kappa shape index (κ3) is 2.96. The number of fused-ring (bicyclic) bond motifs is 2. The second-order valence-electron chi connectivity index (χ2n) is 6.18. The van der Waals surface area contributed by atoms with Gasteiger partial charge in [-0.25, -0.2) is 8.42 Å². The Labute approximate surface area is 151 Å². The van der Waals surface area contributed by atoms with E-state index in [1.807, 2.05) is 0 Å². The average molecular weight is 374 g/mol. The minimum absolute atomic E-state index is 0.0200. The summed E-state index contributed by atoms with van der Waals surface area (Å²) in [4.78, 5) is 13.4. The van der Waals surface area contributed by atoms with Gasteiger partial charge >= 0.3 is 0 Å². The molecule has 0 aliphatic carbocycles. The van der Waals surface area contributed by atoms with Crippen LogP contribution in [0.4, 0.5) is 11.4 Å². The van der Waals surface area contributed by atoms with Crippen molar-refractivity contribution < 1.29 is 22.7 Å². The van der Waals surface area contributed by atoms with Crippen molar-refractivity contribution in [1.29, 1.82) is 0 Å². The van der Waals surface area contributed by atoms with E-state index in [-0.39, 0.29) is 10.8 Å². The average Bonchev–Trinajstić information content (AvgIpc) is 3.04. The van der Waals surface area contributed by atoms with Gasteiger partial charge in [0.25, 0.3) is 10.0 Å². The van der Waals surface area contributed by atoms with Gasteiger partial charge in [0.2, 0.25) is 5.91 Å². The molecule has 26 heavy (non-hydrogen) atoms. The third-order valence-electron chi connectivity index (χ3n) is 4.43. The zero-order chi connectivity index (χ0) is 18.3. The van der Waals surface area contributed by atoms with Crippen LogP contribution in [0.25, 0.3) is 0 Å². The summed E-state index contributed by atoms with van der Waals surface area (Å²) in [7, 11) is -3.76. The molecule has 0 aromatic heterocycles. The minimum atomic E-state index is -3.76. The summed E-state index contributed by atoms with van der Waals surface area (Å²) in [5.74, 6) is 0.940. The highest BCUT2D eigenvalue weighted by atomic mass is 32.2. The van der Waals surface area contributed by atoms with Crippen LogP contribution < -0.4 is 19.1 Å². The summed E-state index contributed by atoms with van der Waals surface area (Å²) >= 11 is 0. The van der Waals surface area contributed by atoms with Crippen molar-refractivity contribution in [2.45, 2.75) is 18.2 Å². The van der Waals surface area contributed by atoms with Gasteiger partial charge in [-0.3, -0.25) is 9.52 Å². The molecule has 0 bridgehead atoms. The SMILES string of the molecule is CC(=O)N1CCc2cc(NS(=O)(=O)c3ccc4c(c3)OCCO4)ccc21. The summed E-state index contributed by atoms with van der Waals surface area (Å²) in [6, 6.07) is 9.74. The van der Waals surface area contributed by atoms with Crippen LogP contribution in [0.5, 0.6) is 11.5 Å². The van der Waals surface area contributed by atoms with Crippen LogP contribution in [0.15, 0.2) is 41.3 Å². The van der Waals surface area contributed by atoms with Crippen LogP contribution >= 0.6 is 0 Å². The smallest absolute Gasteiger partial charge is 0.262 e. The first-order chi connectivity index (χ1) is 12.4. The van der Waals surface area contributed by atoms with Crippen molar-refractivity contribution in [3.63, 3.8) is 0 Å². The van der Waals surface area contributed by atoms with E-state index in [1.165, 1.54) is 19.1 Å². The predicted octanol–water partition coefficient (Wildman–Crippen LogP) is 2.17. The van der Waals surface area contributed by atoms with Gasteiger partial charge < -0.3 is 14.4 Å². The molecule has 136 valence electrons. The molecule has 0 fully saturated rings. The molecule has 2 aliphatic rings. The van der Waals surface area contributed by atoms with Crippen molar-refractivity contribution in [2.75, 3.05) is 29.4 Å². The minimum Gasteiger partial charge on any atom is -0.486 e. The van der Waals surface area contributed by atoms with Crippen molar-refractivity contribution in [2.24, 2.45) is 0 Å². The summed E-state index contributed by atoms with van der Waals surface area (Å²) in [6.45, 7) is 2.97. The summed E-state index contributed by atoms with van der Waals surface area (Å²) < 4.78 is 38.8. The summed E-state index contributed by atoms with van der Waals surface area (Å²) in [5.41, 5.74) is 2.24. The van der Waals surface area contributed by atoms with Crippen molar-refractivity contribution in [3.05, 3.63) is 42.0 Å². The number of anilines is 2. The van der Waals surface area contributed by atoms with Gasteiger partial charge in [0, 0.05) is 30.9 Å². The van der Waals surface area contributed by atoms with Crippen LogP contribution in [0, 0.1) is 0 Å². The first-order valence-electron chi connectivity index (χ1n) is 8.27. The fraction of sp³-hybridized carbons (Fsp3) is 0.278. The molecule has 0 unspecified atom stereocenters. The number of benzene rings is 2. The van der Waals surface area contributed by atoms with Crippen molar-refractivity contribution in [1.82, 2.24) is 0 Å². The van der Waals surface area contributed by atoms with Gasteiger partial charge in [0.05, 0.1) is 4.90 Å². The molecule has 1 N–H and O–H groups in total. The molecular weight excluding hydrogens is 356 g/mol. The number of nitrogens with zero attached hydrogens (tertiary/aromatic N) is 1. The Morgan fingerprint density at radius 3 is 2.62 bits per heavy atom. The quantitative estimate of drug-likeness (QED) is 0.890. The Morgan fingerprint density at radius 2 is 1.85 bits per heavy atom. The van der Waals surface area contributed by atoms with E-state index in [4.69, 9.17) is 9.47 Å². The zero-order valence-corrected chi connectivity index (χ0v) is 15.0. The maximum Gasteiger partial charge on any atom is 0.262 e. The number of carbonyl (C=O) groups is 1. The number of rotatable bonds is 3. The van der Waals surface area contributed by atoms with E-state index in [0.717, 1.165) is 11.3 Å². The van der Waals surface area contributed by atoms with E-state index in [2.05, 4.69) is 4.72 Å². The number of carbonyl (C=O) groups excluding carboxylic acids is 1. The molecule has 0 spiro atoms. The lowest BCUT2D eigenvalue weighted by atomic mass is 10.1. The molecular formula is C18H18N2O5S. The first-order valence-corrected chi connectivity index (χ1v) is 9.76. The van der Waals surface area contributed by atoms with Crippen LogP contribution in [0.1, 0.15) is 12.5 Å². The third-order valence-corrected chi connectivity index (χ3v) is 5.81. The number of sulfonamides is 1. The van der Waals surface area contributed by atoms with Crippen LogP contribution in [0.3, 0.4) is 0 Å². The molecule has 8 heteroatoms. The topological polar surface area (TPSA) is 84.9 Å². The number of amides is 1. The van der Waals surface area contributed by atoms with Crippen molar-refractivity contribution >= 4 is 27.3 Å². The molecule has 0 radical (unpaired) electrons. The Morgan fingerprint density at radius 1 is 1.08 bits per heavy atom. The second kappa shape index (κ2) is 6.21. The lowest BCUT2D eigenvalue weighted by molar-refractivity contribution is -0.116. The largest absolute Gasteiger partial charge is 0.486 e. The van der Waals surface area contributed by atoms with Crippen LogP contribution in [-0.4, -0.2) is 34.1 Å². The van der Waals surface area contributed by atoms with Gasteiger partial charge in [-0.15, -0.1) is 0 Å². The lowest BCUT2D eigenvalue weighted by Gasteiger charge is -2.19. The van der Waals surface area contributed by atoms with E-state index >= 15 is 0 Å². The lowest BCUT2D eigenvalue weighted by Crippen LogP contribution is -2.25. The Hall–Kier alpha value is -2.74. The van der Waals surface area contributed by atoms with Crippen LogP contribution in [0.2, 0.25) is 0 Å². The molecule has 2 aliphatic heterocycles. The van der Waals surface area contributed by atoms with E-state index in [0.29, 0.717) is 43.4 Å². The van der Waals surface area contributed by atoms with E-state index < -0.39 is 10.0 Å². The maximum absolute atomic E-state index is 12.7. The van der Waals surface area contributed by atoms with E-state index in [9.17, 15) is 13.2 Å². The number of hydrogen-bond acceptors (Lipinski definition) is 5. The summed E-state index contributed by atoms with van der Waals surface area (Å²) in [6.07, 6.45) is 0.703. The highest BCUT2D eigenvalue weighted by molar-refractivity contribution is 7.92. The molecule has 2 heterocycles. The molecule has 2 aromatic rings. The summed E-state index contributed by atoms with van der Waals surface area (Å²) in [5, 5.41) is 0. The molecule has 2 aromatic carbocycles. The Bertz CT molecular complexity index is 987. The number of hydrogen-bond donors (Lipinski definition) is 1. The van der Waals surface area contributed by atoms with Gasteiger partial charge in [-0.05, 0) is 42.3 Å². The fourth-order valence-corrected chi connectivity index (χ4v) is 4.26. The van der Waals surface area contributed by atoms with Gasteiger partial charge in [0.15, 0.2) is 11.5 Å². The molecule has 0 saturated heterocycles. The highest BCUT2D eigenvalue weighted by Crippen LogP contribution is 2.34. The van der Waals surface area contributed by atoms with Crippen LogP contribution in [-0.2, 0) is 21.2 Å². The second-order valence-corrected chi connectivity index (χ2v) is 7.86. The predicted molar refractivity (Wildman–Crippen MR) is 96.4 cm³/mol. The number of ether oxygens (including phenoxy) is 2. The Balaban J connectivity index is 1.60. The molecule has 0 saturated carbocycles. The van der Waals surface area contributed by atoms with Gasteiger partial charge in [-0.1, -0.05) is 0 Å². The molecule has 4 rings (SSSR count). The van der Waals surface area contributed by atoms with Gasteiger partial charge in [0.1, 0.15) is 13.2 Å². The normalized spacial score (nSPS) is 15.5. The standard InChI is InChI=1S/C18H18N2O5S/c1-12(21)20-7-6-13-10-14(2-4-16(13)20)19-26(22,23)15-3-5-17-18(11-15)25-9-8-24-17/h2-5,10-11,19H,6-9H2,1H3. The maximum atomic E-state index is 12.7. The molecule has 0 atom stereocenters. The highest BCUT2D eigenvalue weighted by Gasteiger charge is 2.24. The van der Waals surface area contributed by atoms with E-state index in [1.54, 1.807) is 29.2 Å².